The van der Waals surface area contributed by atoms with E-state index in [4.69, 9.17) is 0 Å². The predicted octanol–water partition coefficient (Wildman–Crippen LogP) is 2.85. The van der Waals surface area contributed by atoms with Crippen LogP contribution >= 0.6 is 0 Å². The third kappa shape index (κ3) is 3.36. The van der Waals surface area contributed by atoms with Gasteiger partial charge in [0.2, 0.25) is 5.91 Å². The second-order valence-corrected chi connectivity index (χ2v) is 6.27. The van der Waals surface area contributed by atoms with Crippen LogP contribution in [0.15, 0.2) is 18.3 Å². The molecule has 1 saturated heterocycles. The van der Waals surface area contributed by atoms with Gasteiger partial charge < -0.3 is 10.2 Å². The van der Waals surface area contributed by atoms with Crippen LogP contribution in [-0.4, -0.2) is 34.9 Å². The van der Waals surface area contributed by atoms with Gasteiger partial charge in [-0.3, -0.25) is 4.79 Å². The van der Waals surface area contributed by atoms with Gasteiger partial charge in [-0.1, -0.05) is 13.3 Å². The molecule has 0 radical (unpaired) electrons. The Morgan fingerprint density at radius 1 is 1.33 bits per heavy atom. The number of nitrogens with one attached hydrogen (secondary N) is 1. The van der Waals surface area contributed by atoms with E-state index >= 15 is 0 Å². The van der Waals surface area contributed by atoms with Crippen LogP contribution in [0, 0.1) is 5.92 Å². The van der Waals surface area contributed by atoms with Gasteiger partial charge in [-0.15, -0.1) is 0 Å². The van der Waals surface area contributed by atoms with Crippen molar-refractivity contribution in [2.45, 2.75) is 51.5 Å². The van der Waals surface area contributed by atoms with Crippen LogP contribution in [0.3, 0.4) is 0 Å². The van der Waals surface area contributed by atoms with Gasteiger partial charge in [0.25, 0.3) is 0 Å². The zero-order valence-corrected chi connectivity index (χ0v) is 12.8. The quantitative estimate of drug-likeness (QED) is 0.926. The number of aryl methyl sites for hydroxylation is 1. The van der Waals surface area contributed by atoms with Crippen molar-refractivity contribution in [1.29, 1.82) is 0 Å². The van der Waals surface area contributed by atoms with E-state index in [9.17, 15) is 4.79 Å². The molecule has 3 rings (SSSR count). The highest BCUT2D eigenvalue weighted by Crippen LogP contribution is 2.29. The van der Waals surface area contributed by atoms with E-state index < -0.39 is 0 Å². The van der Waals surface area contributed by atoms with Gasteiger partial charge >= 0.3 is 0 Å². The zero-order valence-electron chi connectivity index (χ0n) is 12.8. The van der Waals surface area contributed by atoms with E-state index in [1.54, 1.807) is 0 Å². The second-order valence-electron chi connectivity index (χ2n) is 6.27. The molecule has 1 aliphatic heterocycles. The average molecular weight is 287 g/mol. The Morgan fingerprint density at radius 2 is 2.10 bits per heavy atom. The monoisotopic (exact) mass is 287 g/mol. The Kier molecular flexibility index (Phi) is 4.42. The van der Waals surface area contributed by atoms with Gasteiger partial charge in [0.15, 0.2) is 0 Å². The number of aromatic nitrogens is 1. The molecule has 2 fully saturated rings. The maximum absolute atomic E-state index is 12.2. The highest BCUT2D eigenvalue weighted by molar-refractivity contribution is 5.79. The summed E-state index contributed by atoms with van der Waals surface area (Å²) in [5.41, 5.74) is 1.31. The molecule has 1 aromatic rings. The summed E-state index contributed by atoms with van der Waals surface area (Å²) in [6, 6.07) is 4.63. The number of amides is 1. The Hall–Kier alpha value is -1.58. The number of likely N-dealkylation sites (tertiary alicyclic amines) is 1. The minimum Gasteiger partial charge on any atom is -0.367 e. The molecule has 1 aromatic heterocycles. The molecule has 0 spiro atoms. The fourth-order valence-corrected chi connectivity index (χ4v) is 3.14. The SMILES string of the molecule is CCc1ccnc(NC2CCN(C(=O)C3CCC3)CC2)c1. The first kappa shape index (κ1) is 14.4. The average Bonchev–Trinajstić information content (AvgIpc) is 2.46. The van der Waals surface area contributed by atoms with Crippen molar-refractivity contribution in [3.8, 4) is 0 Å². The summed E-state index contributed by atoms with van der Waals surface area (Å²) in [6.07, 6.45) is 8.39. The molecule has 4 nitrogen and oxygen atoms in total. The van der Waals surface area contributed by atoms with Gasteiger partial charge in [-0.2, -0.15) is 0 Å². The van der Waals surface area contributed by atoms with Gasteiger partial charge in [0.05, 0.1) is 0 Å². The van der Waals surface area contributed by atoms with Crippen LogP contribution < -0.4 is 5.32 Å². The Bertz CT molecular complexity index is 491. The van der Waals surface area contributed by atoms with E-state index in [-0.39, 0.29) is 0 Å². The van der Waals surface area contributed by atoms with Crippen molar-refractivity contribution in [2.24, 2.45) is 5.92 Å². The van der Waals surface area contributed by atoms with Crippen molar-refractivity contribution in [3.63, 3.8) is 0 Å². The molecule has 0 bridgehead atoms. The molecular weight excluding hydrogens is 262 g/mol. The Labute approximate surface area is 126 Å². The molecule has 2 heterocycles. The number of carbonyl (C=O) groups is 1. The standard InChI is InChI=1S/C17H25N3O/c1-2-13-6-9-18-16(12-13)19-15-7-10-20(11-8-15)17(21)14-4-3-5-14/h6,9,12,14-15H,2-5,7-8,10-11H2,1H3,(H,18,19). The Morgan fingerprint density at radius 3 is 2.71 bits per heavy atom. The molecule has 1 N–H and O–H groups in total. The van der Waals surface area contributed by atoms with Crippen LogP contribution in [-0.2, 0) is 11.2 Å². The summed E-state index contributed by atoms with van der Waals surface area (Å²) in [7, 11) is 0. The topological polar surface area (TPSA) is 45.2 Å². The zero-order chi connectivity index (χ0) is 14.7. The van der Waals surface area contributed by atoms with Gasteiger partial charge in [0, 0.05) is 31.2 Å². The molecule has 0 unspecified atom stereocenters. The largest absolute Gasteiger partial charge is 0.367 e. The predicted molar refractivity (Wildman–Crippen MR) is 84.2 cm³/mol. The van der Waals surface area contributed by atoms with Gasteiger partial charge in [-0.05, 0) is 49.8 Å². The number of piperidine rings is 1. The number of hydrogen-bond acceptors (Lipinski definition) is 3. The van der Waals surface area contributed by atoms with E-state index in [2.05, 4.69) is 34.3 Å². The van der Waals surface area contributed by atoms with Crippen molar-refractivity contribution in [2.75, 3.05) is 18.4 Å². The maximum atomic E-state index is 12.2. The van der Waals surface area contributed by atoms with E-state index in [0.29, 0.717) is 17.9 Å². The normalized spacial score (nSPS) is 20.1. The summed E-state index contributed by atoms with van der Waals surface area (Å²) >= 11 is 0. The minimum atomic E-state index is 0.331. The lowest BCUT2D eigenvalue weighted by atomic mass is 9.84. The van der Waals surface area contributed by atoms with Crippen molar-refractivity contribution >= 4 is 11.7 Å². The molecule has 0 atom stereocenters. The molecule has 1 amide bonds. The second kappa shape index (κ2) is 6.46. The molecule has 2 aliphatic rings. The molecule has 4 heteroatoms. The number of rotatable bonds is 4. The smallest absolute Gasteiger partial charge is 0.225 e. The lowest BCUT2D eigenvalue weighted by Gasteiger charge is -2.36. The fourth-order valence-electron chi connectivity index (χ4n) is 3.14. The van der Waals surface area contributed by atoms with Crippen molar-refractivity contribution in [3.05, 3.63) is 23.9 Å². The number of carbonyl (C=O) groups excluding carboxylic acids is 1. The van der Waals surface area contributed by atoms with E-state index in [1.165, 1.54) is 12.0 Å². The first-order chi connectivity index (χ1) is 10.3. The summed E-state index contributed by atoms with van der Waals surface area (Å²) in [4.78, 5) is 18.7. The number of pyridine rings is 1. The summed E-state index contributed by atoms with van der Waals surface area (Å²) in [5, 5.41) is 3.52. The van der Waals surface area contributed by atoms with Crippen LogP contribution in [0.5, 0.6) is 0 Å². The fraction of sp³-hybridized carbons (Fsp3) is 0.647. The lowest BCUT2D eigenvalue weighted by Crippen LogP contribution is -2.46. The van der Waals surface area contributed by atoms with Gasteiger partial charge in [0.1, 0.15) is 5.82 Å². The molecule has 1 saturated carbocycles. The molecule has 21 heavy (non-hydrogen) atoms. The third-order valence-electron chi connectivity index (χ3n) is 4.85. The Balaban J connectivity index is 1.50. The van der Waals surface area contributed by atoms with Crippen LogP contribution in [0.1, 0.15) is 44.6 Å². The lowest BCUT2D eigenvalue weighted by molar-refractivity contribution is -0.139. The summed E-state index contributed by atoms with van der Waals surface area (Å²) in [5.74, 6) is 1.70. The van der Waals surface area contributed by atoms with Crippen molar-refractivity contribution < 1.29 is 4.79 Å². The number of hydrogen-bond donors (Lipinski definition) is 1. The van der Waals surface area contributed by atoms with Gasteiger partial charge in [-0.25, -0.2) is 4.98 Å². The summed E-state index contributed by atoms with van der Waals surface area (Å²) in [6.45, 7) is 3.94. The first-order valence-electron chi connectivity index (χ1n) is 8.26. The van der Waals surface area contributed by atoms with Crippen molar-refractivity contribution in [1.82, 2.24) is 9.88 Å². The molecule has 0 aromatic carbocycles. The van der Waals surface area contributed by atoms with Crippen LogP contribution in [0.2, 0.25) is 0 Å². The first-order valence-corrected chi connectivity index (χ1v) is 8.26. The number of anilines is 1. The minimum absolute atomic E-state index is 0.331. The molecular formula is C17H25N3O. The highest BCUT2D eigenvalue weighted by atomic mass is 16.2. The van der Waals surface area contributed by atoms with E-state index in [1.807, 2.05) is 6.20 Å². The number of nitrogens with zero attached hydrogens (tertiary/aromatic N) is 2. The maximum Gasteiger partial charge on any atom is 0.225 e. The van der Waals surface area contributed by atoms with E-state index in [0.717, 1.165) is 51.0 Å². The molecule has 1 aliphatic carbocycles. The van der Waals surface area contributed by atoms with Crippen LogP contribution in [0.4, 0.5) is 5.82 Å². The summed E-state index contributed by atoms with van der Waals surface area (Å²) < 4.78 is 0. The van der Waals surface area contributed by atoms with Crippen LogP contribution in [0.25, 0.3) is 0 Å². The highest BCUT2D eigenvalue weighted by Gasteiger charge is 2.31. The third-order valence-corrected chi connectivity index (χ3v) is 4.85. The molecule has 114 valence electrons.